The van der Waals surface area contributed by atoms with Crippen LogP contribution in [0.3, 0.4) is 0 Å². The summed E-state index contributed by atoms with van der Waals surface area (Å²) in [5, 5.41) is 11.2. The van der Waals surface area contributed by atoms with Crippen molar-refractivity contribution in [2.45, 2.75) is 26.4 Å². The molecule has 6 heteroatoms. The van der Waals surface area contributed by atoms with Crippen LogP contribution in [0.15, 0.2) is 48.5 Å². The molecule has 0 saturated heterocycles. The average molecular weight is 352 g/mol. The van der Waals surface area contributed by atoms with Gasteiger partial charge in [-0.25, -0.2) is 4.79 Å². The molecule has 0 heterocycles. The van der Waals surface area contributed by atoms with Crippen LogP contribution in [0.2, 0.25) is 0 Å². The summed E-state index contributed by atoms with van der Waals surface area (Å²) >= 11 is 0. The Kier molecular flexibility index (Phi) is 6.75. The summed E-state index contributed by atoms with van der Waals surface area (Å²) < 4.78 is 10.5. The second kappa shape index (κ2) is 9.23. The lowest BCUT2D eigenvalue weighted by Gasteiger charge is -2.14. The minimum atomic E-state index is -0.823. The van der Waals surface area contributed by atoms with E-state index in [1.165, 1.54) is 0 Å². The van der Waals surface area contributed by atoms with E-state index in [1.807, 2.05) is 19.1 Å². The van der Waals surface area contributed by atoms with Crippen molar-refractivity contribution >= 4 is 17.6 Å². The van der Waals surface area contributed by atoms with Crippen LogP contribution in [-0.4, -0.2) is 24.6 Å². The Morgan fingerprint density at radius 2 is 1.77 bits per heavy atom. The van der Waals surface area contributed by atoms with E-state index >= 15 is 0 Å². The number of esters is 1. The van der Waals surface area contributed by atoms with E-state index in [0.29, 0.717) is 17.9 Å². The lowest BCUT2D eigenvalue weighted by molar-refractivity contribution is -0.153. The zero-order valence-electron chi connectivity index (χ0n) is 14.7. The number of hydrogen-bond acceptors (Lipinski definition) is 5. The molecule has 0 aromatic heterocycles. The minimum absolute atomic E-state index is 0.310. The SMILES string of the molecule is Cc1ccc(OC(C)C(=O)OCC(=O)Nc2ccc(CC#N)cc2)cc1. The maximum absolute atomic E-state index is 11.9. The van der Waals surface area contributed by atoms with Crippen molar-refractivity contribution < 1.29 is 19.1 Å². The monoisotopic (exact) mass is 352 g/mol. The summed E-state index contributed by atoms with van der Waals surface area (Å²) in [5.41, 5.74) is 2.51. The molecule has 2 rings (SSSR count). The number of nitrogens with one attached hydrogen (secondary N) is 1. The van der Waals surface area contributed by atoms with E-state index in [0.717, 1.165) is 11.1 Å². The molecule has 0 aliphatic rings. The molecule has 1 unspecified atom stereocenters. The van der Waals surface area contributed by atoms with Gasteiger partial charge in [-0.1, -0.05) is 29.8 Å². The van der Waals surface area contributed by atoms with Crippen LogP contribution in [0.1, 0.15) is 18.1 Å². The number of ether oxygens (including phenoxy) is 2. The Balaban J connectivity index is 1.77. The van der Waals surface area contributed by atoms with E-state index < -0.39 is 24.6 Å². The number of carbonyl (C=O) groups is 2. The summed E-state index contributed by atoms with van der Waals surface area (Å²) in [4.78, 5) is 23.8. The third-order valence-electron chi connectivity index (χ3n) is 3.53. The number of hydrogen-bond donors (Lipinski definition) is 1. The van der Waals surface area contributed by atoms with Gasteiger partial charge in [0, 0.05) is 5.69 Å². The van der Waals surface area contributed by atoms with Gasteiger partial charge in [-0.2, -0.15) is 5.26 Å². The molecule has 0 saturated carbocycles. The number of carbonyl (C=O) groups excluding carboxylic acids is 2. The van der Waals surface area contributed by atoms with Crippen LogP contribution in [-0.2, 0) is 20.7 Å². The molecular formula is C20H20N2O4. The number of anilines is 1. The van der Waals surface area contributed by atoms with Crippen LogP contribution in [0, 0.1) is 18.3 Å². The van der Waals surface area contributed by atoms with Crippen molar-refractivity contribution in [2.75, 3.05) is 11.9 Å². The summed E-state index contributed by atoms with van der Waals surface area (Å²) in [7, 11) is 0. The third-order valence-corrected chi connectivity index (χ3v) is 3.53. The molecule has 0 bridgehead atoms. The largest absolute Gasteiger partial charge is 0.479 e. The van der Waals surface area contributed by atoms with E-state index in [1.54, 1.807) is 43.3 Å². The Morgan fingerprint density at radius 1 is 1.12 bits per heavy atom. The maximum Gasteiger partial charge on any atom is 0.347 e. The second-order valence-electron chi connectivity index (χ2n) is 5.76. The Hall–Kier alpha value is -3.33. The molecule has 26 heavy (non-hydrogen) atoms. The summed E-state index contributed by atoms with van der Waals surface area (Å²) in [5.74, 6) is -0.513. The average Bonchev–Trinajstić information content (AvgIpc) is 2.63. The van der Waals surface area contributed by atoms with Crippen molar-refractivity contribution in [1.82, 2.24) is 0 Å². The van der Waals surface area contributed by atoms with Gasteiger partial charge in [-0.05, 0) is 43.7 Å². The van der Waals surface area contributed by atoms with Gasteiger partial charge in [0.15, 0.2) is 12.7 Å². The minimum Gasteiger partial charge on any atom is -0.479 e. The van der Waals surface area contributed by atoms with Crippen LogP contribution in [0.25, 0.3) is 0 Å². The van der Waals surface area contributed by atoms with Gasteiger partial charge < -0.3 is 14.8 Å². The van der Waals surface area contributed by atoms with Gasteiger partial charge in [-0.15, -0.1) is 0 Å². The van der Waals surface area contributed by atoms with Gasteiger partial charge in [0.25, 0.3) is 5.91 Å². The lowest BCUT2D eigenvalue weighted by atomic mass is 10.1. The van der Waals surface area contributed by atoms with Crippen molar-refractivity contribution in [3.05, 3.63) is 59.7 Å². The molecule has 0 spiro atoms. The number of nitrogens with zero attached hydrogens (tertiary/aromatic N) is 1. The normalized spacial score (nSPS) is 11.1. The number of aryl methyl sites for hydroxylation is 1. The number of nitriles is 1. The molecule has 2 aromatic rings. The highest BCUT2D eigenvalue weighted by Gasteiger charge is 2.17. The maximum atomic E-state index is 11.9. The Morgan fingerprint density at radius 3 is 2.38 bits per heavy atom. The van der Waals surface area contributed by atoms with Gasteiger partial charge >= 0.3 is 5.97 Å². The zero-order valence-corrected chi connectivity index (χ0v) is 14.7. The van der Waals surface area contributed by atoms with E-state index in [-0.39, 0.29) is 0 Å². The van der Waals surface area contributed by atoms with Crippen LogP contribution in [0.4, 0.5) is 5.69 Å². The topological polar surface area (TPSA) is 88.4 Å². The van der Waals surface area contributed by atoms with Crippen molar-refractivity contribution in [3.63, 3.8) is 0 Å². The molecule has 0 aliphatic heterocycles. The second-order valence-corrected chi connectivity index (χ2v) is 5.76. The molecule has 134 valence electrons. The fraction of sp³-hybridized carbons (Fsp3) is 0.250. The first kappa shape index (κ1) is 19.0. The quantitative estimate of drug-likeness (QED) is 0.774. The van der Waals surface area contributed by atoms with Gasteiger partial charge in [-0.3, -0.25) is 4.79 Å². The first-order valence-corrected chi connectivity index (χ1v) is 8.13. The smallest absolute Gasteiger partial charge is 0.347 e. The Bertz CT molecular complexity index is 792. The fourth-order valence-corrected chi connectivity index (χ4v) is 2.12. The molecule has 0 radical (unpaired) electrons. The van der Waals surface area contributed by atoms with E-state index in [9.17, 15) is 9.59 Å². The molecule has 2 aromatic carbocycles. The molecular weight excluding hydrogens is 332 g/mol. The van der Waals surface area contributed by atoms with Gasteiger partial charge in [0.05, 0.1) is 12.5 Å². The van der Waals surface area contributed by atoms with Gasteiger partial charge in [0.2, 0.25) is 0 Å². The highest BCUT2D eigenvalue weighted by Crippen LogP contribution is 2.14. The van der Waals surface area contributed by atoms with Crippen LogP contribution >= 0.6 is 0 Å². The molecule has 0 fully saturated rings. The standard InChI is InChI=1S/C20H20N2O4/c1-14-3-9-18(10-4-14)26-15(2)20(24)25-13-19(23)22-17-7-5-16(6-8-17)11-12-21/h3-10,15H,11,13H2,1-2H3,(H,22,23). The lowest BCUT2D eigenvalue weighted by Crippen LogP contribution is -2.29. The molecule has 6 nitrogen and oxygen atoms in total. The first-order chi connectivity index (χ1) is 12.5. The van der Waals surface area contributed by atoms with Crippen LogP contribution in [0.5, 0.6) is 5.75 Å². The van der Waals surface area contributed by atoms with Gasteiger partial charge in [0.1, 0.15) is 5.75 Å². The molecule has 1 N–H and O–H groups in total. The van der Waals surface area contributed by atoms with E-state index in [4.69, 9.17) is 14.7 Å². The molecule has 1 atom stereocenters. The summed E-state index contributed by atoms with van der Waals surface area (Å²) in [6.07, 6.45) is -0.513. The Labute approximate surface area is 152 Å². The number of rotatable bonds is 7. The molecule has 0 aliphatic carbocycles. The van der Waals surface area contributed by atoms with Crippen LogP contribution < -0.4 is 10.1 Å². The van der Waals surface area contributed by atoms with Crippen molar-refractivity contribution in [2.24, 2.45) is 0 Å². The zero-order chi connectivity index (χ0) is 18.9. The third kappa shape index (κ3) is 5.95. The fourth-order valence-electron chi connectivity index (χ4n) is 2.12. The van der Waals surface area contributed by atoms with Crippen molar-refractivity contribution in [3.8, 4) is 11.8 Å². The van der Waals surface area contributed by atoms with Crippen molar-refractivity contribution in [1.29, 1.82) is 5.26 Å². The predicted octanol–water partition coefficient (Wildman–Crippen LogP) is 3.01. The summed E-state index contributed by atoms with van der Waals surface area (Å²) in [6, 6.07) is 16.2. The number of benzene rings is 2. The first-order valence-electron chi connectivity index (χ1n) is 8.13. The predicted molar refractivity (Wildman–Crippen MR) is 96.6 cm³/mol. The molecule has 1 amide bonds. The highest BCUT2D eigenvalue weighted by molar-refractivity contribution is 5.93. The van der Waals surface area contributed by atoms with E-state index in [2.05, 4.69) is 11.4 Å². The highest BCUT2D eigenvalue weighted by atomic mass is 16.6. The number of amides is 1. The summed E-state index contributed by atoms with van der Waals surface area (Å²) in [6.45, 7) is 3.12.